The first kappa shape index (κ1) is 13.1. The second-order valence-electron chi connectivity index (χ2n) is 5.57. The smallest absolute Gasteiger partial charge is 0.326 e. The van der Waals surface area contributed by atoms with Gasteiger partial charge in [0.25, 0.3) is 0 Å². The maximum absolute atomic E-state index is 12.5. The molecule has 19 heavy (non-hydrogen) atoms. The first-order valence-electron chi connectivity index (χ1n) is 7.22. The van der Waals surface area contributed by atoms with Gasteiger partial charge in [-0.05, 0) is 55.9 Å². The number of esters is 1. The third-order valence-corrected chi connectivity index (χ3v) is 5.07. The molecule has 1 aromatic rings. The first-order chi connectivity index (χ1) is 9.27. The normalized spacial score (nSPS) is 19.4. The molecule has 2 aliphatic carbocycles. The Kier molecular flexibility index (Phi) is 3.63. The van der Waals surface area contributed by atoms with Crippen LogP contribution in [0, 0.1) is 11.8 Å². The average Bonchev–Trinajstić information content (AvgIpc) is 3.32. The molecule has 2 saturated carbocycles. The van der Waals surface area contributed by atoms with Gasteiger partial charge in [0.2, 0.25) is 0 Å². The van der Waals surface area contributed by atoms with Gasteiger partial charge in [-0.2, -0.15) is 0 Å². The summed E-state index contributed by atoms with van der Waals surface area (Å²) in [4.78, 5) is 13.8. The molecule has 0 aromatic carbocycles. The Hall–Kier alpha value is -0.870. The lowest BCUT2D eigenvalue weighted by molar-refractivity contribution is -0.153. The maximum Gasteiger partial charge on any atom is 0.326 e. The van der Waals surface area contributed by atoms with Crippen LogP contribution in [0.1, 0.15) is 37.5 Å². The number of hydrogen-bond acceptors (Lipinski definition) is 4. The van der Waals surface area contributed by atoms with Gasteiger partial charge in [0.05, 0.1) is 6.61 Å². The van der Waals surface area contributed by atoms with Crippen LogP contribution < -0.4 is 5.32 Å². The molecule has 1 N–H and O–H groups in total. The molecule has 0 spiro atoms. The van der Waals surface area contributed by atoms with Gasteiger partial charge < -0.3 is 4.74 Å². The second kappa shape index (κ2) is 5.25. The van der Waals surface area contributed by atoms with E-state index in [0.29, 0.717) is 18.4 Å². The molecule has 0 radical (unpaired) electrons. The summed E-state index contributed by atoms with van der Waals surface area (Å²) >= 11 is 1.74. The molecule has 2 fully saturated rings. The van der Waals surface area contributed by atoms with Crippen LogP contribution in [0.15, 0.2) is 17.5 Å². The van der Waals surface area contributed by atoms with Crippen molar-refractivity contribution in [2.24, 2.45) is 11.8 Å². The minimum absolute atomic E-state index is 0.0171. The van der Waals surface area contributed by atoms with E-state index in [4.69, 9.17) is 4.74 Å². The molecule has 1 heterocycles. The van der Waals surface area contributed by atoms with Gasteiger partial charge in [-0.1, -0.05) is 6.07 Å². The lowest BCUT2D eigenvalue weighted by Crippen LogP contribution is -2.56. The largest absolute Gasteiger partial charge is 0.465 e. The minimum atomic E-state index is -0.403. The molecule has 0 bridgehead atoms. The summed E-state index contributed by atoms with van der Waals surface area (Å²) < 4.78 is 5.38. The van der Waals surface area contributed by atoms with E-state index in [1.54, 1.807) is 11.3 Å². The van der Waals surface area contributed by atoms with Crippen LogP contribution in [0.3, 0.4) is 0 Å². The van der Waals surface area contributed by atoms with Crippen molar-refractivity contribution in [1.29, 1.82) is 0 Å². The topological polar surface area (TPSA) is 38.3 Å². The standard InChI is InChI=1S/C15H21NO2S/c1-2-18-14(17)15(11-5-6-11,12-7-8-12)16-10-13-4-3-9-19-13/h3-4,9,11-12,16H,2,5-8,10H2,1H3. The Bertz CT molecular complexity index is 423. The molecule has 0 aliphatic heterocycles. The van der Waals surface area contributed by atoms with Crippen LogP contribution >= 0.6 is 11.3 Å². The van der Waals surface area contributed by atoms with Gasteiger partial charge in [-0.15, -0.1) is 11.3 Å². The van der Waals surface area contributed by atoms with E-state index in [1.807, 2.05) is 6.92 Å². The van der Waals surface area contributed by atoms with E-state index in [-0.39, 0.29) is 5.97 Å². The van der Waals surface area contributed by atoms with Crippen molar-refractivity contribution in [3.8, 4) is 0 Å². The van der Waals surface area contributed by atoms with Crippen LogP contribution in [-0.2, 0) is 16.1 Å². The molecule has 4 heteroatoms. The van der Waals surface area contributed by atoms with Crippen molar-refractivity contribution in [2.45, 2.75) is 44.7 Å². The summed E-state index contributed by atoms with van der Waals surface area (Å²) in [5.41, 5.74) is -0.403. The molecule has 3 rings (SSSR count). The summed E-state index contributed by atoms with van der Waals surface area (Å²) in [5.74, 6) is 0.953. The van der Waals surface area contributed by atoms with Gasteiger partial charge in [0.15, 0.2) is 0 Å². The van der Waals surface area contributed by atoms with Crippen molar-refractivity contribution in [3.63, 3.8) is 0 Å². The molecular formula is C15H21NO2S. The quantitative estimate of drug-likeness (QED) is 0.780. The van der Waals surface area contributed by atoms with Gasteiger partial charge >= 0.3 is 5.97 Å². The predicted molar refractivity (Wildman–Crippen MR) is 76.0 cm³/mol. The number of carbonyl (C=O) groups is 1. The zero-order chi connectivity index (χ0) is 13.3. The SMILES string of the molecule is CCOC(=O)C(NCc1cccs1)(C1CC1)C1CC1. The summed E-state index contributed by atoms with van der Waals surface area (Å²) in [5, 5.41) is 5.66. The molecule has 0 amide bonds. The lowest BCUT2D eigenvalue weighted by Gasteiger charge is -2.33. The Balaban J connectivity index is 1.76. The average molecular weight is 279 g/mol. The first-order valence-corrected chi connectivity index (χ1v) is 8.10. The van der Waals surface area contributed by atoms with E-state index in [0.717, 1.165) is 32.2 Å². The molecule has 3 nitrogen and oxygen atoms in total. The van der Waals surface area contributed by atoms with E-state index in [1.165, 1.54) is 4.88 Å². The Morgan fingerprint density at radius 1 is 1.42 bits per heavy atom. The summed E-state index contributed by atoms with van der Waals surface area (Å²) in [6.07, 6.45) is 4.64. The number of ether oxygens (including phenoxy) is 1. The van der Waals surface area contributed by atoms with Crippen molar-refractivity contribution < 1.29 is 9.53 Å². The van der Waals surface area contributed by atoms with Crippen LogP contribution in [0.5, 0.6) is 0 Å². The lowest BCUT2D eigenvalue weighted by atomic mass is 9.87. The van der Waals surface area contributed by atoms with E-state index >= 15 is 0 Å². The molecule has 0 unspecified atom stereocenters. The van der Waals surface area contributed by atoms with Crippen LogP contribution in [0.25, 0.3) is 0 Å². The van der Waals surface area contributed by atoms with Crippen molar-refractivity contribution in [3.05, 3.63) is 22.4 Å². The number of carbonyl (C=O) groups excluding carboxylic acids is 1. The molecule has 2 aliphatic rings. The van der Waals surface area contributed by atoms with Crippen molar-refractivity contribution in [1.82, 2.24) is 5.32 Å². The molecule has 0 atom stereocenters. The van der Waals surface area contributed by atoms with Crippen LogP contribution in [0.2, 0.25) is 0 Å². The summed E-state index contributed by atoms with van der Waals surface area (Å²) in [6.45, 7) is 3.14. The van der Waals surface area contributed by atoms with Gasteiger partial charge in [0, 0.05) is 11.4 Å². The number of thiophene rings is 1. The summed E-state index contributed by atoms with van der Waals surface area (Å²) in [6, 6.07) is 4.18. The number of nitrogens with one attached hydrogen (secondary N) is 1. The Morgan fingerprint density at radius 2 is 2.11 bits per heavy atom. The van der Waals surface area contributed by atoms with Crippen molar-refractivity contribution >= 4 is 17.3 Å². The number of rotatable bonds is 7. The maximum atomic E-state index is 12.5. The highest BCUT2D eigenvalue weighted by atomic mass is 32.1. The monoisotopic (exact) mass is 279 g/mol. The fourth-order valence-electron chi connectivity index (χ4n) is 3.00. The minimum Gasteiger partial charge on any atom is -0.465 e. The zero-order valence-corrected chi connectivity index (χ0v) is 12.2. The van der Waals surface area contributed by atoms with E-state index in [9.17, 15) is 4.79 Å². The third kappa shape index (κ3) is 2.56. The molecule has 1 aromatic heterocycles. The highest BCUT2D eigenvalue weighted by Gasteiger charge is 2.59. The fraction of sp³-hybridized carbons (Fsp3) is 0.667. The Labute approximate surface area is 118 Å². The van der Waals surface area contributed by atoms with Crippen LogP contribution in [0.4, 0.5) is 0 Å². The van der Waals surface area contributed by atoms with Gasteiger partial charge in [0.1, 0.15) is 5.54 Å². The van der Waals surface area contributed by atoms with Crippen molar-refractivity contribution in [2.75, 3.05) is 6.61 Å². The molecule has 0 saturated heterocycles. The zero-order valence-electron chi connectivity index (χ0n) is 11.4. The molecular weight excluding hydrogens is 258 g/mol. The molecule has 104 valence electrons. The highest BCUT2D eigenvalue weighted by Crippen LogP contribution is 2.52. The van der Waals surface area contributed by atoms with Gasteiger partial charge in [-0.3, -0.25) is 10.1 Å². The van der Waals surface area contributed by atoms with E-state index < -0.39 is 5.54 Å². The van der Waals surface area contributed by atoms with E-state index in [2.05, 4.69) is 22.8 Å². The second-order valence-corrected chi connectivity index (χ2v) is 6.60. The summed E-state index contributed by atoms with van der Waals surface area (Å²) in [7, 11) is 0. The van der Waals surface area contributed by atoms with Gasteiger partial charge in [-0.25, -0.2) is 0 Å². The Morgan fingerprint density at radius 3 is 2.58 bits per heavy atom. The fourth-order valence-corrected chi connectivity index (χ4v) is 3.65. The predicted octanol–water partition coefficient (Wildman–Crippen LogP) is 2.96. The highest BCUT2D eigenvalue weighted by molar-refractivity contribution is 7.09. The van der Waals surface area contributed by atoms with Crippen LogP contribution in [-0.4, -0.2) is 18.1 Å². The number of hydrogen-bond donors (Lipinski definition) is 1. The third-order valence-electron chi connectivity index (χ3n) is 4.19.